The summed E-state index contributed by atoms with van der Waals surface area (Å²) in [7, 11) is -4.11. The Bertz CT molecular complexity index is 1500. The van der Waals surface area contributed by atoms with Gasteiger partial charge in [-0.25, -0.2) is 8.42 Å². The average Bonchev–Trinajstić information content (AvgIpc) is 2.97. The first-order valence-corrected chi connectivity index (χ1v) is 16.3. The minimum absolute atomic E-state index is 0.0788. The van der Waals surface area contributed by atoms with Gasteiger partial charge in [-0.15, -0.1) is 0 Å². The molecular weight excluding hydrogens is 570 g/mol. The van der Waals surface area contributed by atoms with Gasteiger partial charge >= 0.3 is 0 Å². The predicted octanol–water partition coefficient (Wildman–Crippen LogP) is 6.33. The van der Waals surface area contributed by atoms with Crippen LogP contribution in [-0.4, -0.2) is 43.8 Å². The largest absolute Gasteiger partial charge is 0.352 e. The zero-order chi connectivity index (χ0) is 30.4. The van der Waals surface area contributed by atoms with E-state index in [1.165, 1.54) is 4.90 Å². The normalized spacial score (nSPS) is 14.7. The van der Waals surface area contributed by atoms with Gasteiger partial charge in [0.1, 0.15) is 12.6 Å². The van der Waals surface area contributed by atoms with Crippen molar-refractivity contribution in [2.75, 3.05) is 10.8 Å². The summed E-state index contributed by atoms with van der Waals surface area (Å²) in [4.78, 5) is 29.1. The maximum absolute atomic E-state index is 14.1. The summed E-state index contributed by atoms with van der Waals surface area (Å²) in [6.45, 7) is 7.09. The van der Waals surface area contributed by atoms with Crippen molar-refractivity contribution in [3.05, 3.63) is 94.0 Å². The Balaban J connectivity index is 1.69. The highest BCUT2D eigenvalue weighted by molar-refractivity contribution is 7.92. The molecule has 0 bridgehead atoms. The van der Waals surface area contributed by atoms with Gasteiger partial charge in [-0.2, -0.15) is 0 Å². The second-order valence-electron chi connectivity index (χ2n) is 11.3. The predicted molar refractivity (Wildman–Crippen MR) is 168 cm³/mol. The second kappa shape index (κ2) is 13.7. The molecule has 0 radical (unpaired) electrons. The lowest BCUT2D eigenvalue weighted by Crippen LogP contribution is -2.53. The summed E-state index contributed by atoms with van der Waals surface area (Å²) in [5.74, 6) is -0.728. The first-order chi connectivity index (χ1) is 20.0. The second-order valence-corrected chi connectivity index (χ2v) is 13.6. The first kappa shape index (κ1) is 31.6. The number of nitrogens with one attached hydrogen (secondary N) is 1. The molecule has 1 saturated carbocycles. The van der Waals surface area contributed by atoms with Crippen LogP contribution in [0.5, 0.6) is 0 Å². The van der Waals surface area contributed by atoms with Crippen LogP contribution in [0.3, 0.4) is 0 Å². The zero-order valence-corrected chi connectivity index (χ0v) is 26.3. The monoisotopic (exact) mass is 609 g/mol. The van der Waals surface area contributed by atoms with Gasteiger partial charge in [0.05, 0.1) is 10.6 Å². The van der Waals surface area contributed by atoms with E-state index in [1.807, 2.05) is 26.8 Å². The third kappa shape index (κ3) is 7.72. The molecule has 1 atom stereocenters. The van der Waals surface area contributed by atoms with Gasteiger partial charge < -0.3 is 10.2 Å². The van der Waals surface area contributed by atoms with Crippen LogP contribution in [0.15, 0.2) is 71.6 Å². The molecule has 1 aliphatic carbocycles. The SMILES string of the molecule is Cc1ccc(S(=O)(=O)N(CC(=O)N(Cc2ccc(Cl)cc2)C(C)C(=O)NC2CCCCC2)c2ccc(C)c(C)c2)cc1. The van der Waals surface area contributed by atoms with E-state index < -0.39 is 28.5 Å². The first-order valence-electron chi connectivity index (χ1n) is 14.5. The third-order valence-electron chi connectivity index (χ3n) is 8.05. The van der Waals surface area contributed by atoms with Crippen LogP contribution in [0.1, 0.15) is 61.3 Å². The molecule has 0 aliphatic heterocycles. The Labute approximate surface area is 254 Å². The van der Waals surface area contributed by atoms with Crippen LogP contribution in [0.4, 0.5) is 5.69 Å². The molecule has 0 heterocycles. The average molecular weight is 610 g/mol. The van der Waals surface area contributed by atoms with Crippen molar-refractivity contribution >= 4 is 39.1 Å². The number of carbonyl (C=O) groups is 2. The van der Waals surface area contributed by atoms with E-state index in [0.29, 0.717) is 10.7 Å². The number of benzene rings is 3. The number of rotatable bonds is 10. The Kier molecular flexibility index (Phi) is 10.3. The lowest BCUT2D eigenvalue weighted by Gasteiger charge is -2.33. The number of hydrogen-bond acceptors (Lipinski definition) is 4. The number of carbonyl (C=O) groups excluding carboxylic acids is 2. The van der Waals surface area contributed by atoms with Gasteiger partial charge in [-0.1, -0.05) is 66.8 Å². The van der Waals surface area contributed by atoms with Crippen LogP contribution in [0.2, 0.25) is 5.02 Å². The molecule has 2 amide bonds. The van der Waals surface area contributed by atoms with E-state index in [4.69, 9.17) is 11.6 Å². The fourth-order valence-electron chi connectivity index (χ4n) is 5.18. The van der Waals surface area contributed by atoms with Crippen molar-refractivity contribution in [3.63, 3.8) is 0 Å². The van der Waals surface area contributed by atoms with Crippen LogP contribution in [-0.2, 0) is 26.2 Å². The van der Waals surface area contributed by atoms with Crippen molar-refractivity contribution in [1.82, 2.24) is 10.2 Å². The van der Waals surface area contributed by atoms with Gasteiger partial charge in [0.15, 0.2) is 0 Å². The summed E-state index contributed by atoms with van der Waals surface area (Å²) in [5, 5.41) is 3.68. The van der Waals surface area contributed by atoms with E-state index in [-0.39, 0.29) is 23.4 Å². The number of anilines is 1. The molecule has 1 N–H and O–H groups in total. The fourth-order valence-corrected chi connectivity index (χ4v) is 6.72. The van der Waals surface area contributed by atoms with Crippen molar-refractivity contribution in [2.24, 2.45) is 0 Å². The van der Waals surface area contributed by atoms with E-state index >= 15 is 0 Å². The Hall–Kier alpha value is -3.36. The van der Waals surface area contributed by atoms with Gasteiger partial charge in [0.25, 0.3) is 10.0 Å². The quantitative estimate of drug-likeness (QED) is 0.291. The Morgan fingerprint density at radius 2 is 1.55 bits per heavy atom. The minimum Gasteiger partial charge on any atom is -0.352 e. The molecular formula is C33H40ClN3O4S. The van der Waals surface area contributed by atoms with E-state index in [0.717, 1.165) is 58.7 Å². The summed E-state index contributed by atoms with van der Waals surface area (Å²) in [5.41, 5.74) is 4.01. The van der Waals surface area contributed by atoms with Crippen LogP contribution in [0.25, 0.3) is 0 Å². The number of amides is 2. The Morgan fingerprint density at radius 1 is 0.905 bits per heavy atom. The van der Waals surface area contributed by atoms with Crippen molar-refractivity contribution in [3.8, 4) is 0 Å². The third-order valence-corrected chi connectivity index (χ3v) is 10.1. The van der Waals surface area contributed by atoms with Crippen LogP contribution in [0, 0.1) is 20.8 Å². The molecule has 3 aromatic rings. The summed E-state index contributed by atoms with van der Waals surface area (Å²) in [6, 6.07) is 18.2. The van der Waals surface area contributed by atoms with E-state index in [2.05, 4.69) is 5.32 Å². The smallest absolute Gasteiger partial charge is 0.264 e. The van der Waals surface area contributed by atoms with Gasteiger partial charge in [-0.05, 0) is 93.6 Å². The molecule has 42 heavy (non-hydrogen) atoms. The molecule has 9 heteroatoms. The molecule has 224 valence electrons. The number of aryl methyl sites for hydroxylation is 3. The van der Waals surface area contributed by atoms with Crippen LogP contribution < -0.4 is 9.62 Å². The van der Waals surface area contributed by atoms with Crippen molar-refractivity contribution < 1.29 is 18.0 Å². The molecule has 3 aromatic carbocycles. The number of sulfonamides is 1. The molecule has 1 fully saturated rings. The van der Waals surface area contributed by atoms with Crippen molar-refractivity contribution in [1.29, 1.82) is 0 Å². The maximum Gasteiger partial charge on any atom is 0.264 e. The highest BCUT2D eigenvalue weighted by Gasteiger charge is 2.33. The number of hydrogen-bond donors (Lipinski definition) is 1. The maximum atomic E-state index is 14.1. The Morgan fingerprint density at radius 3 is 2.17 bits per heavy atom. The standard InChI is InChI=1S/C33H40ClN3O4S/c1-23-10-18-31(19-11-23)42(40,41)37(30-17-12-24(2)25(3)20-30)22-32(38)36(21-27-13-15-28(34)16-14-27)26(4)33(39)35-29-8-6-5-7-9-29/h10-20,26,29H,5-9,21-22H2,1-4H3,(H,35,39). The number of halogens is 1. The van der Waals surface area contributed by atoms with Gasteiger partial charge in [-0.3, -0.25) is 13.9 Å². The zero-order valence-electron chi connectivity index (χ0n) is 24.8. The summed E-state index contributed by atoms with van der Waals surface area (Å²) >= 11 is 6.09. The lowest BCUT2D eigenvalue weighted by molar-refractivity contribution is -0.139. The van der Waals surface area contributed by atoms with E-state index in [1.54, 1.807) is 67.6 Å². The lowest BCUT2D eigenvalue weighted by atomic mass is 9.95. The molecule has 4 rings (SSSR count). The van der Waals surface area contributed by atoms with Gasteiger partial charge in [0.2, 0.25) is 11.8 Å². The van der Waals surface area contributed by atoms with Crippen molar-refractivity contribution in [2.45, 2.75) is 83.3 Å². The molecule has 1 aliphatic rings. The van der Waals surface area contributed by atoms with E-state index in [9.17, 15) is 18.0 Å². The van der Waals surface area contributed by atoms with Gasteiger partial charge in [0, 0.05) is 17.6 Å². The molecule has 7 nitrogen and oxygen atoms in total. The summed E-state index contributed by atoms with van der Waals surface area (Å²) < 4.78 is 29.2. The molecule has 0 saturated heterocycles. The molecule has 0 spiro atoms. The van der Waals surface area contributed by atoms with Crippen LogP contribution >= 0.6 is 11.6 Å². The number of nitrogens with zero attached hydrogens (tertiary/aromatic N) is 2. The molecule has 1 unspecified atom stereocenters. The highest BCUT2D eigenvalue weighted by atomic mass is 35.5. The summed E-state index contributed by atoms with van der Waals surface area (Å²) in [6.07, 6.45) is 5.12. The minimum atomic E-state index is -4.11. The topological polar surface area (TPSA) is 86.8 Å². The highest BCUT2D eigenvalue weighted by Crippen LogP contribution is 2.27. The fraction of sp³-hybridized carbons (Fsp3) is 0.394. The molecule has 0 aromatic heterocycles.